The van der Waals surface area contributed by atoms with Crippen molar-refractivity contribution in [1.82, 2.24) is 0 Å². The van der Waals surface area contributed by atoms with Crippen molar-refractivity contribution < 1.29 is 0 Å². The molecule has 2 heteroatoms. The van der Waals surface area contributed by atoms with Crippen LogP contribution in [0.3, 0.4) is 0 Å². The van der Waals surface area contributed by atoms with Crippen LogP contribution >= 0.6 is 27.5 Å². The van der Waals surface area contributed by atoms with Crippen molar-refractivity contribution in [3.63, 3.8) is 0 Å². The van der Waals surface area contributed by atoms with E-state index in [1.54, 1.807) is 0 Å². The molecule has 0 fully saturated rings. The fourth-order valence-electron chi connectivity index (χ4n) is 1.73. The molecule has 0 nitrogen and oxygen atoms in total. The van der Waals surface area contributed by atoms with Crippen LogP contribution < -0.4 is 0 Å². The van der Waals surface area contributed by atoms with Gasteiger partial charge in [0.2, 0.25) is 0 Å². The molecule has 0 saturated heterocycles. The van der Waals surface area contributed by atoms with Crippen molar-refractivity contribution in [3.8, 4) is 0 Å². The molecule has 14 heavy (non-hydrogen) atoms. The highest BCUT2D eigenvalue weighted by Crippen LogP contribution is 2.31. The van der Waals surface area contributed by atoms with E-state index < -0.39 is 0 Å². The number of alkyl halides is 1. The van der Waals surface area contributed by atoms with Gasteiger partial charge in [0.05, 0.1) is 0 Å². The number of hydrogen-bond acceptors (Lipinski definition) is 0. The first-order chi connectivity index (χ1) is 6.42. The van der Waals surface area contributed by atoms with E-state index in [4.69, 9.17) is 11.6 Å². The van der Waals surface area contributed by atoms with E-state index in [1.165, 1.54) is 5.56 Å². The Hall–Kier alpha value is -0.0100. The molecule has 0 aromatic heterocycles. The van der Waals surface area contributed by atoms with Gasteiger partial charge in [0, 0.05) is 9.85 Å². The van der Waals surface area contributed by atoms with Crippen LogP contribution in [-0.4, -0.2) is 4.83 Å². The van der Waals surface area contributed by atoms with E-state index in [0.29, 0.717) is 4.83 Å². The van der Waals surface area contributed by atoms with Crippen molar-refractivity contribution in [3.05, 3.63) is 34.9 Å². The van der Waals surface area contributed by atoms with Crippen molar-refractivity contribution in [2.24, 2.45) is 0 Å². The highest BCUT2D eigenvalue weighted by atomic mass is 79.9. The van der Waals surface area contributed by atoms with Gasteiger partial charge in [-0.2, -0.15) is 0 Å². The zero-order valence-electron chi connectivity index (χ0n) is 8.85. The van der Waals surface area contributed by atoms with E-state index in [2.05, 4.69) is 48.8 Å². The third kappa shape index (κ3) is 3.29. The summed E-state index contributed by atoms with van der Waals surface area (Å²) in [6, 6.07) is 8.12. The van der Waals surface area contributed by atoms with Gasteiger partial charge < -0.3 is 0 Å². The highest BCUT2D eigenvalue weighted by molar-refractivity contribution is 9.09. The Bertz CT molecular complexity index is 305. The summed E-state index contributed by atoms with van der Waals surface area (Å²) >= 11 is 9.57. The minimum atomic E-state index is 0.174. The Morgan fingerprint density at radius 2 is 2.07 bits per heavy atom. The molecule has 0 N–H and O–H groups in total. The fourth-order valence-corrected chi connectivity index (χ4v) is 2.73. The lowest BCUT2D eigenvalue weighted by Crippen LogP contribution is -2.20. The first kappa shape index (κ1) is 12.1. The van der Waals surface area contributed by atoms with Gasteiger partial charge in [-0.3, -0.25) is 0 Å². The van der Waals surface area contributed by atoms with E-state index in [1.807, 2.05) is 12.1 Å². The Morgan fingerprint density at radius 1 is 1.43 bits per heavy atom. The number of rotatable bonds is 3. The third-order valence-electron chi connectivity index (χ3n) is 2.40. The molecule has 1 aromatic rings. The molecule has 0 heterocycles. The van der Waals surface area contributed by atoms with Crippen molar-refractivity contribution in [2.45, 2.75) is 37.4 Å². The van der Waals surface area contributed by atoms with Crippen LogP contribution in [0.5, 0.6) is 0 Å². The van der Waals surface area contributed by atoms with Gasteiger partial charge >= 0.3 is 0 Å². The summed E-state index contributed by atoms with van der Waals surface area (Å²) in [5.74, 6) is 0. The highest BCUT2D eigenvalue weighted by Gasteiger charge is 2.22. The van der Waals surface area contributed by atoms with Gasteiger partial charge in [-0.25, -0.2) is 0 Å². The first-order valence-corrected chi connectivity index (χ1v) is 6.11. The summed E-state index contributed by atoms with van der Waals surface area (Å²) in [6.45, 7) is 6.67. The van der Waals surface area contributed by atoms with E-state index >= 15 is 0 Å². The molecular weight excluding hydrogens is 259 g/mol. The molecule has 0 radical (unpaired) electrons. The fraction of sp³-hybridized carbons (Fsp3) is 0.500. The molecule has 0 aliphatic heterocycles. The van der Waals surface area contributed by atoms with Crippen LogP contribution in [0.1, 0.15) is 32.8 Å². The molecular formula is C12H16BrCl. The summed E-state index contributed by atoms with van der Waals surface area (Å²) in [5.41, 5.74) is 1.48. The summed E-state index contributed by atoms with van der Waals surface area (Å²) in [4.78, 5) is 0.525. The van der Waals surface area contributed by atoms with Crippen LogP contribution in [0, 0.1) is 0 Å². The molecule has 1 atom stereocenters. The maximum atomic E-state index is 5.98. The van der Waals surface area contributed by atoms with Crippen molar-refractivity contribution in [2.75, 3.05) is 0 Å². The van der Waals surface area contributed by atoms with Crippen molar-refractivity contribution in [1.29, 1.82) is 0 Å². The second-order valence-electron chi connectivity index (χ2n) is 4.38. The summed E-state index contributed by atoms with van der Waals surface area (Å²) < 4.78 is 0. The molecule has 0 amide bonds. The molecule has 0 saturated carbocycles. The minimum Gasteiger partial charge on any atom is -0.0893 e. The van der Waals surface area contributed by atoms with E-state index in [-0.39, 0.29) is 5.41 Å². The number of halogens is 2. The average Bonchev–Trinajstić information content (AvgIpc) is 2.01. The zero-order valence-corrected chi connectivity index (χ0v) is 11.2. The number of hydrogen-bond donors (Lipinski definition) is 0. The molecule has 1 aromatic carbocycles. The Labute approximate surface area is 99.8 Å². The lowest BCUT2D eigenvalue weighted by atomic mass is 9.81. The Morgan fingerprint density at radius 3 is 2.57 bits per heavy atom. The third-order valence-corrected chi connectivity index (χ3v) is 2.96. The van der Waals surface area contributed by atoms with Crippen LogP contribution in [0.4, 0.5) is 0 Å². The average molecular weight is 276 g/mol. The SMILES string of the molecule is CC(Br)CC(C)(C)c1cccc(Cl)c1. The quantitative estimate of drug-likeness (QED) is 0.696. The predicted molar refractivity (Wildman–Crippen MR) is 67.5 cm³/mol. The first-order valence-electron chi connectivity index (χ1n) is 4.82. The molecule has 0 aliphatic carbocycles. The van der Waals surface area contributed by atoms with Gasteiger partial charge in [0.1, 0.15) is 0 Å². The van der Waals surface area contributed by atoms with Gasteiger partial charge in [0.25, 0.3) is 0 Å². The zero-order chi connectivity index (χ0) is 10.8. The van der Waals surface area contributed by atoms with E-state index in [9.17, 15) is 0 Å². The Kier molecular flexibility index (Phi) is 4.03. The topological polar surface area (TPSA) is 0 Å². The van der Waals surface area contributed by atoms with Gasteiger partial charge in [-0.15, -0.1) is 0 Å². The molecule has 1 rings (SSSR count). The summed E-state index contributed by atoms with van der Waals surface area (Å²) in [7, 11) is 0. The second kappa shape index (κ2) is 4.67. The van der Waals surface area contributed by atoms with Gasteiger partial charge in [0.15, 0.2) is 0 Å². The van der Waals surface area contributed by atoms with Crippen LogP contribution in [0.2, 0.25) is 5.02 Å². The van der Waals surface area contributed by atoms with Crippen molar-refractivity contribution >= 4 is 27.5 Å². The summed E-state index contributed by atoms with van der Waals surface area (Å²) in [6.07, 6.45) is 1.10. The Balaban J connectivity index is 2.91. The largest absolute Gasteiger partial charge is 0.0893 e. The lowest BCUT2D eigenvalue weighted by Gasteiger charge is -2.26. The predicted octanol–water partition coefficient (Wildman–Crippen LogP) is 4.79. The summed E-state index contributed by atoms with van der Waals surface area (Å²) in [5, 5.41) is 0.817. The molecule has 0 bridgehead atoms. The lowest BCUT2D eigenvalue weighted by molar-refractivity contribution is 0.482. The molecule has 1 unspecified atom stereocenters. The van der Waals surface area contributed by atoms with Crippen LogP contribution in [-0.2, 0) is 5.41 Å². The second-order valence-corrected chi connectivity index (χ2v) is 6.38. The monoisotopic (exact) mass is 274 g/mol. The molecule has 0 spiro atoms. The molecule has 0 aliphatic rings. The standard InChI is InChI=1S/C12H16BrCl/c1-9(13)8-12(2,3)10-5-4-6-11(14)7-10/h4-7,9H,8H2,1-3H3. The van der Waals surface area contributed by atoms with E-state index in [0.717, 1.165) is 11.4 Å². The smallest absolute Gasteiger partial charge is 0.0408 e. The molecule has 78 valence electrons. The normalized spacial score (nSPS) is 14.1. The maximum absolute atomic E-state index is 5.98. The van der Waals surface area contributed by atoms with Crippen LogP contribution in [0.25, 0.3) is 0 Å². The van der Waals surface area contributed by atoms with Gasteiger partial charge in [-0.05, 0) is 29.5 Å². The maximum Gasteiger partial charge on any atom is 0.0408 e. The number of benzene rings is 1. The van der Waals surface area contributed by atoms with Crippen LogP contribution in [0.15, 0.2) is 24.3 Å². The van der Waals surface area contributed by atoms with Gasteiger partial charge in [-0.1, -0.05) is 60.4 Å². The minimum absolute atomic E-state index is 0.174.